The molecule has 0 unspecified atom stereocenters. The van der Waals surface area contributed by atoms with Crippen molar-refractivity contribution in [3.05, 3.63) is 35.7 Å². The van der Waals surface area contributed by atoms with E-state index < -0.39 is 0 Å². The van der Waals surface area contributed by atoms with Gasteiger partial charge in [0.05, 0.1) is 5.69 Å². The smallest absolute Gasteiger partial charge is 0.105 e. The topological polar surface area (TPSA) is 42.7 Å². The number of hydrogen-bond acceptors (Lipinski definition) is 4. The molecule has 0 radical (unpaired) electrons. The van der Waals surface area contributed by atoms with Gasteiger partial charge in [-0.3, -0.25) is 4.68 Å². The molecule has 2 heterocycles. The van der Waals surface area contributed by atoms with Crippen LogP contribution in [0.2, 0.25) is 0 Å². The van der Waals surface area contributed by atoms with E-state index in [9.17, 15) is 0 Å². The highest BCUT2D eigenvalue weighted by Gasteiger charge is 2.17. The van der Waals surface area contributed by atoms with Crippen LogP contribution in [0, 0.1) is 6.92 Å². The summed E-state index contributed by atoms with van der Waals surface area (Å²) in [7, 11) is 1.98. The molecule has 4 nitrogen and oxygen atoms in total. The van der Waals surface area contributed by atoms with Crippen molar-refractivity contribution in [1.82, 2.24) is 20.1 Å². The molecule has 0 spiro atoms. The fourth-order valence-electron chi connectivity index (χ4n) is 1.87. The van der Waals surface area contributed by atoms with Crippen LogP contribution in [0.15, 0.2) is 34.4 Å². The molecule has 108 valence electrons. The Labute approximate surface area is 125 Å². The van der Waals surface area contributed by atoms with Crippen LogP contribution >= 0.6 is 11.8 Å². The van der Waals surface area contributed by atoms with Crippen molar-refractivity contribution in [2.45, 2.75) is 49.8 Å². The van der Waals surface area contributed by atoms with Gasteiger partial charge in [0, 0.05) is 30.9 Å². The standard InChI is InChI=1S/C15H22N4S/c1-11-12(10-17-15(2,3)4)14(19(5)18-11)20-13-8-6-7-9-16-13/h6-9,17H,10H2,1-5H3. The maximum absolute atomic E-state index is 4.54. The second kappa shape index (κ2) is 5.97. The van der Waals surface area contributed by atoms with Crippen LogP contribution in [-0.2, 0) is 13.6 Å². The molecule has 5 heteroatoms. The van der Waals surface area contributed by atoms with Crippen LogP contribution in [0.1, 0.15) is 32.0 Å². The monoisotopic (exact) mass is 290 g/mol. The Bertz CT molecular complexity index is 570. The van der Waals surface area contributed by atoms with Crippen LogP contribution in [0.3, 0.4) is 0 Å². The number of pyridine rings is 1. The van der Waals surface area contributed by atoms with Gasteiger partial charge in [0.25, 0.3) is 0 Å². The van der Waals surface area contributed by atoms with Crippen LogP contribution in [0.25, 0.3) is 0 Å². The molecule has 2 aromatic rings. The first-order chi connectivity index (χ1) is 9.37. The summed E-state index contributed by atoms with van der Waals surface area (Å²) in [5, 5.41) is 10.2. The Morgan fingerprint density at radius 1 is 1.30 bits per heavy atom. The molecule has 0 aromatic carbocycles. The molecule has 0 bridgehead atoms. The Balaban J connectivity index is 2.24. The van der Waals surface area contributed by atoms with Crippen molar-refractivity contribution in [2.75, 3.05) is 0 Å². The first-order valence-electron chi connectivity index (χ1n) is 6.73. The van der Waals surface area contributed by atoms with E-state index in [1.165, 1.54) is 5.56 Å². The van der Waals surface area contributed by atoms with Gasteiger partial charge in [0.15, 0.2) is 0 Å². The van der Waals surface area contributed by atoms with Crippen molar-refractivity contribution >= 4 is 11.8 Å². The van der Waals surface area contributed by atoms with E-state index in [0.29, 0.717) is 0 Å². The normalized spacial score (nSPS) is 11.8. The summed E-state index contributed by atoms with van der Waals surface area (Å²) in [6, 6.07) is 5.96. The fourth-order valence-corrected chi connectivity index (χ4v) is 2.85. The third-order valence-corrected chi connectivity index (χ3v) is 4.08. The lowest BCUT2D eigenvalue weighted by atomic mass is 10.1. The van der Waals surface area contributed by atoms with Gasteiger partial charge in [-0.15, -0.1) is 0 Å². The molecule has 1 N–H and O–H groups in total. The van der Waals surface area contributed by atoms with E-state index in [4.69, 9.17) is 0 Å². The highest BCUT2D eigenvalue weighted by atomic mass is 32.2. The summed E-state index contributed by atoms with van der Waals surface area (Å²) in [5.74, 6) is 0. The summed E-state index contributed by atoms with van der Waals surface area (Å²) in [6.07, 6.45) is 1.82. The molecule has 2 rings (SSSR count). The van der Waals surface area contributed by atoms with Crippen molar-refractivity contribution in [2.24, 2.45) is 7.05 Å². The Morgan fingerprint density at radius 3 is 2.65 bits per heavy atom. The van der Waals surface area contributed by atoms with E-state index in [1.807, 2.05) is 36.1 Å². The summed E-state index contributed by atoms with van der Waals surface area (Å²) >= 11 is 1.66. The van der Waals surface area contributed by atoms with Crippen molar-refractivity contribution in [1.29, 1.82) is 0 Å². The van der Waals surface area contributed by atoms with Crippen molar-refractivity contribution in [3.63, 3.8) is 0 Å². The molecule has 0 saturated carbocycles. The predicted octanol–water partition coefficient (Wildman–Crippen LogP) is 3.16. The molecular formula is C15H22N4S. The number of rotatable bonds is 4. The van der Waals surface area contributed by atoms with Crippen molar-refractivity contribution in [3.8, 4) is 0 Å². The Kier molecular flexibility index (Phi) is 4.50. The van der Waals surface area contributed by atoms with Gasteiger partial charge in [-0.2, -0.15) is 5.10 Å². The Hall–Kier alpha value is -1.33. The molecule has 0 amide bonds. The number of aryl methyl sites for hydroxylation is 2. The predicted molar refractivity (Wildman–Crippen MR) is 82.9 cm³/mol. The number of nitrogens with zero attached hydrogens (tertiary/aromatic N) is 3. The quantitative estimate of drug-likeness (QED) is 0.939. The lowest BCUT2D eigenvalue weighted by Gasteiger charge is -2.20. The third kappa shape index (κ3) is 3.84. The average Bonchev–Trinajstić information content (AvgIpc) is 2.62. The molecular weight excluding hydrogens is 268 g/mol. The van der Waals surface area contributed by atoms with E-state index in [0.717, 1.165) is 22.3 Å². The number of hydrogen-bond donors (Lipinski definition) is 1. The molecule has 20 heavy (non-hydrogen) atoms. The zero-order valence-corrected chi connectivity index (χ0v) is 13.6. The lowest BCUT2D eigenvalue weighted by molar-refractivity contribution is 0.421. The zero-order valence-electron chi connectivity index (χ0n) is 12.8. The molecule has 0 saturated heterocycles. The second-order valence-electron chi connectivity index (χ2n) is 5.87. The van der Waals surface area contributed by atoms with E-state index in [1.54, 1.807) is 11.8 Å². The summed E-state index contributed by atoms with van der Waals surface area (Å²) in [6.45, 7) is 9.39. The Morgan fingerprint density at radius 2 is 2.05 bits per heavy atom. The maximum atomic E-state index is 4.54. The fraction of sp³-hybridized carbons (Fsp3) is 0.467. The largest absolute Gasteiger partial charge is 0.308 e. The second-order valence-corrected chi connectivity index (χ2v) is 6.88. The average molecular weight is 290 g/mol. The van der Waals surface area contributed by atoms with Gasteiger partial charge < -0.3 is 5.32 Å². The highest BCUT2D eigenvalue weighted by molar-refractivity contribution is 7.99. The van der Waals surface area contributed by atoms with E-state index in [-0.39, 0.29) is 5.54 Å². The minimum absolute atomic E-state index is 0.0925. The summed E-state index contributed by atoms with van der Waals surface area (Å²) < 4.78 is 1.94. The van der Waals surface area contributed by atoms with Gasteiger partial charge in [0.2, 0.25) is 0 Å². The van der Waals surface area contributed by atoms with E-state index >= 15 is 0 Å². The molecule has 2 aromatic heterocycles. The minimum atomic E-state index is 0.0925. The summed E-state index contributed by atoms with van der Waals surface area (Å²) in [5.41, 5.74) is 2.41. The van der Waals surface area contributed by atoms with Crippen LogP contribution in [0.5, 0.6) is 0 Å². The van der Waals surface area contributed by atoms with Gasteiger partial charge >= 0.3 is 0 Å². The molecule has 0 aliphatic rings. The van der Waals surface area contributed by atoms with E-state index in [2.05, 4.69) is 43.1 Å². The molecule has 0 aliphatic heterocycles. The molecule has 0 aliphatic carbocycles. The summed E-state index contributed by atoms with van der Waals surface area (Å²) in [4.78, 5) is 4.38. The lowest BCUT2D eigenvalue weighted by Crippen LogP contribution is -2.35. The van der Waals surface area contributed by atoms with Gasteiger partial charge in [-0.25, -0.2) is 4.98 Å². The highest BCUT2D eigenvalue weighted by Crippen LogP contribution is 2.30. The molecule has 0 fully saturated rings. The minimum Gasteiger partial charge on any atom is -0.308 e. The van der Waals surface area contributed by atoms with Crippen LogP contribution < -0.4 is 5.32 Å². The number of nitrogens with one attached hydrogen (secondary N) is 1. The zero-order chi connectivity index (χ0) is 14.8. The van der Waals surface area contributed by atoms with Crippen molar-refractivity contribution < 1.29 is 0 Å². The SMILES string of the molecule is Cc1nn(C)c(Sc2ccccn2)c1CNC(C)(C)C. The van der Waals surface area contributed by atoms with Gasteiger partial charge in [-0.05, 0) is 39.8 Å². The first-order valence-corrected chi connectivity index (χ1v) is 7.55. The number of aromatic nitrogens is 3. The third-order valence-electron chi connectivity index (χ3n) is 2.92. The van der Waals surface area contributed by atoms with Crippen LogP contribution in [0.4, 0.5) is 0 Å². The maximum Gasteiger partial charge on any atom is 0.105 e. The van der Waals surface area contributed by atoms with Gasteiger partial charge in [-0.1, -0.05) is 17.8 Å². The molecule has 0 atom stereocenters. The van der Waals surface area contributed by atoms with Crippen LogP contribution in [-0.4, -0.2) is 20.3 Å². The first kappa shape index (κ1) is 15.1. The van der Waals surface area contributed by atoms with Gasteiger partial charge in [0.1, 0.15) is 10.1 Å².